The van der Waals surface area contributed by atoms with Crippen LogP contribution in [-0.2, 0) is 26.2 Å². The number of methoxy groups -OCH3 is 1. The molecule has 2 amide bonds. The maximum atomic E-state index is 13.8. The second-order valence-electron chi connectivity index (χ2n) is 9.15. The third-order valence-electron chi connectivity index (χ3n) is 6.33. The summed E-state index contributed by atoms with van der Waals surface area (Å²) in [6.45, 7) is 9.26. The maximum absolute atomic E-state index is 13.8. The zero-order chi connectivity index (χ0) is 27.0. The molecule has 198 valence electrons. The lowest BCUT2D eigenvalue weighted by molar-refractivity contribution is -0.140. The van der Waals surface area contributed by atoms with E-state index in [1.54, 1.807) is 31.4 Å². The van der Waals surface area contributed by atoms with E-state index in [1.165, 1.54) is 4.90 Å². The average Bonchev–Trinajstić information content (AvgIpc) is 2.83. The molecule has 0 aliphatic carbocycles. The van der Waals surface area contributed by atoms with Gasteiger partial charge in [-0.1, -0.05) is 32.0 Å². The SMILES string of the molecule is CC[C@H](C(=O)N[C@@H](C)CC)N(Cc1cccc(OC)c1)C(=O)CN(c1ccc(C)c(C)c1)S(C)(=O)=O. The van der Waals surface area contributed by atoms with E-state index in [0.717, 1.165) is 33.7 Å². The highest BCUT2D eigenvalue weighted by Gasteiger charge is 2.32. The van der Waals surface area contributed by atoms with Gasteiger partial charge in [-0.2, -0.15) is 0 Å². The van der Waals surface area contributed by atoms with Crippen molar-refractivity contribution < 1.29 is 22.7 Å². The zero-order valence-corrected chi connectivity index (χ0v) is 23.2. The van der Waals surface area contributed by atoms with Crippen LogP contribution in [0, 0.1) is 13.8 Å². The fourth-order valence-corrected chi connectivity index (χ4v) is 4.66. The lowest BCUT2D eigenvalue weighted by Crippen LogP contribution is -2.53. The van der Waals surface area contributed by atoms with Crippen molar-refractivity contribution in [2.45, 2.75) is 66.1 Å². The molecule has 0 aliphatic rings. The first-order chi connectivity index (χ1) is 16.9. The van der Waals surface area contributed by atoms with Gasteiger partial charge in [-0.3, -0.25) is 13.9 Å². The number of benzene rings is 2. The maximum Gasteiger partial charge on any atom is 0.244 e. The van der Waals surface area contributed by atoms with Crippen molar-refractivity contribution in [3.05, 3.63) is 59.2 Å². The van der Waals surface area contributed by atoms with Gasteiger partial charge in [0.1, 0.15) is 18.3 Å². The number of carbonyl (C=O) groups is 2. The summed E-state index contributed by atoms with van der Waals surface area (Å²) in [6, 6.07) is 11.7. The fourth-order valence-electron chi connectivity index (χ4n) is 3.82. The third-order valence-corrected chi connectivity index (χ3v) is 7.47. The number of hydrogen-bond donors (Lipinski definition) is 1. The van der Waals surface area contributed by atoms with Gasteiger partial charge < -0.3 is 15.0 Å². The van der Waals surface area contributed by atoms with Crippen LogP contribution in [0.1, 0.15) is 50.3 Å². The topological polar surface area (TPSA) is 96.0 Å². The number of aryl methyl sites for hydroxylation is 2. The van der Waals surface area contributed by atoms with Gasteiger partial charge in [-0.15, -0.1) is 0 Å². The average molecular weight is 518 g/mol. The molecule has 0 aliphatic heterocycles. The van der Waals surface area contributed by atoms with Crippen LogP contribution in [0.15, 0.2) is 42.5 Å². The lowest BCUT2D eigenvalue weighted by atomic mass is 10.1. The fraction of sp³-hybridized carbons (Fsp3) is 0.481. The summed E-state index contributed by atoms with van der Waals surface area (Å²) in [7, 11) is -2.21. The molecule has 0 fully saturated rings. The molecule has 2 aromatic carbocycles. The van der Waals surface area contributed by atoms with Crippen molar-refractivity contribution in [2.24, 2.45) is 0 Å². The number of anilines is 1. The molecule has 0 bridgehead atoms. The minimum atomic E-state index is -3.77. The van der Waals surface area contributed by atoms with Gasteiger partial charge in [0, 0.05) is 12.6 Å². The van der Waals surface area contributed by atoms with Crippen molar-refractivity contribution >= 4 is 27.5 Å². The predicted molar refractivity (Wildman–Crippen MR) is 144 cm³/mol. The number of carbonyl (C=O) groups excluding carboxylic acids is 2. The molecule has 8 nitrogen and oxygen atoms in total. The monoisotopic (exact) mass is 517 g/mol. The van der Waals surface area contributed by atoms with Crippen LogP contribution in [-0.4, -0.2) is 57.1 Å². The van der Waals surface area contributed by atoms with Crippen LogP contribution in [0.5, 0.6) is 5.75 Å². The summed E-state index contributed by atoms with van der Waals surface area (Å²) < 4.78 is 31.9. The van der Waals surface area contributed by atoms with Gasteiger partial charge in [0.05, 0.1) is 19.1 Å². The first kappa shape index (κ1) is 29.2. The number of rotatable bonds is 12. The van der Waals surface area contributed by atoms with Crippen molar-refractivity contribution in [1.82, 2.24) is 10.2 Å². The molecule has 1 N–H and O–H groups in total. The normalized spacial score (nSPS) is 13.0. The van der Waals surface area contributed by atoms with Gasteiger partial charge >= 0.3 is 0 Å². The molecule has 0 spiro atoms. The number of hydrogen-bond acceptors (Lipinski definition) is 5. The Bertz CT molecular complexity index is 1170. The Morgan fingerprint density at radius 3 is 2.28 bits per heavy atom. The Hall–Kier alpha value is -3.07. The van der Waals surface area contributed by atoms with E-state index in [4.69, 9.17) is 4.74 Å². The summed E-state index contributed by atoms with van der Waals surface area (Å²) in [6.07, 6.45) is 2.20. The highest BCUT2D eigenvalue weighted by Crippen LogP contribution is 2.23. The van der Waals surface area contributed by atoms with E-state index < -0.39 is 28.5 Å². The van der Waals surface area contributed by atoms with Crippen LogP contribution in [0.4, 0.5) is 5.69 Å². The zero-order valence-electron chi connectivity index (χ0n) is 22.4. The largest absolute Gasteiger partial charge is 0.497 e. The van der Waals surface area contributed by atoms with Gasteiger partial charge in [0.2, 0.25) is 21.8 Å². The smallest absolute Gasteiger partial charge is 0.244 e. The Morgan fingerprint density at radius 2 is 1.72 bits per heavy atom. The molecule has 2 rings (SSSR count). The van der Waals surface area contributed by atoms with Crippen LogP contribution >= 0.6 is 0 Å². The summed E-state index contributed by atoms with van der Waals surface area (Å²) in [4.78, 5) is 28.4. The summed E-state index contributed by atoms with van der Waals surface area (Å²) in [5.74, 6) is -0.0993. The van der Waals surface area contributed by atoms with E-state index in [1.807, 2.05) is 52.8 Å². The highest BCUT2D eigenvalue weighted by atomic mass is 32.2. The standard InChI is InChI=1S/C27H39N3O5S/c1-8-21(5)28-27(32)25(9-2)29(17-22-11-10-12-24(16-22)35-6)26(31)18-30(36(7,33)34)23-14-13-19(3)20(4)15-23/h10-16,21,25H,8-9,17-18H2,1-7H3,(H,28,32)/t21-,25+/m0/s1. The Morgan fingerprint density at radius 1 is 1.03 bits per heavy atom. The number of amides is 2. The second kappa shape index (κ2) is 12.8. The first-order valence-electron chi connectivity index (χ1n) is 12.2. The molecule has 0 saturated heterocycles. The number of nitrogens with zero attached hydrogens (tertiary/aromatic N) is 2. The van der Waals surface area contributed by atoms with Gasteiger partial charge in [0.15, 0.2) is 0 Å². The molecule has 2 atom stereocenters. The van der Waals surface area contributed by atoms with E-state index in [0.29, 0.717) is 17.9 Å². The van der Waals surface area contributed by atoms with E-state index >= 15 is 0 Å². The highest BCUT2D eigenvalue weighted by molar-refractivity contribution is 7.92. The molecule has 0 radical (unpaired) electrons. The second-order valence-corrected chi connectivity index (χ2v) is 11.1. The minimum Gasteiger partial charge on any atom is -0.497 e. The van der Waals surface area contributed by atoms with Gasteiger partial charge in [-0.05, 0) is 74.6 Å². The van der Waals surface area contributed by atoms with Crippen LogP contribution < -0.4 is 14.4 Å². The summed E-state index contributed by atoms with van der Waals surface area (Å²) in [5.41, 5.74) is 3.12. The van der Waals surface area contributed by atoms with Crippen molar-refractivity contribution in [2.75, 3.05) is 24.2 Å². The Kier molecular flexibility index (Phi) is 10.3. The van der Waals surface area contributed by atoms with E-state index in [9.17, 15) is 18.0 Å². The minimum absolute atomic E-state index is 0.0524. The molecule has 0 saturated carbocycles. The van der Waals surface area contributed by atoms with Gasteiger partial charge in [-0.25, -0.2) is 8.42 Å². The summed E-state index contributed by atoms with van der Waals surface area (Å²) >= 11 is 0. The quantitative estimate of drug-likeness (QED) is 0.462. The summed E-state index contributed by atoms with van der Waals surface area (Å²) in [5, 5.41) is 2.96. The number of nitrogens with one attached hydrogen (secondary N) is 1. The third kappa shape index (κ3) is 7.71. The Labute approximate surface area is 215 Å². The molecule has 0 heterocycles. The van der Waals surface area contributed by atoms with Crippen LogP contribution in [0.3, 0.4) is 0 Å². The van der Waals surface area contributed by atoms with Crippen molar-refractivity contribution in [1.29, 1.82) is 0 Å². The molecule has 2 aromatic rings. The van der Waals surface area contributed by atoms with Gasteiger partial charge in [0.25, 0.3) is 0 Å². The molecule has 36 heavy (non-hydrogen) atoms. The molecular formula is C27H39N3O5S. The number of sulfonamides is 1. The molecule has 0 aromatic heterocycles. The predicted octanol–water partition coefficient (Wildman–Crippen LogP) is 3.80. The molecule has 9 heteroatoms. The van der Waals surface area contributed by atoms with Crippen LogP contribution in [0.2, 0.25) is 0 Å². The van der Waals surface area contributed by atoms with Crippen LogP contribution in [0.25, 0.3) is 0 Å². The Balaban J connectivity index is 2.47. The van der Waals surface area contributed by atoms with Crippen molar-refractivity contribution in [3.63, 3.8) is 0 Å². The molecule has 0 unspecified atom stereocenters. The number of ether oxygens (including phenoxy) is 1. The lowest BCUT2D eigenvalue weighted by Gasteiger charge is -2.33. The van der Waals surface area contributed by atoms with E-state index in [-0.39, 0.29) is 18.5 Å². The van der Waals surface area contributed by atoms with Crippen molar-refractivity contribution in [3.8, 4) is 5.75 Å². The first-order valence-corrected chi connectivity index (χ1v) is 14.0. The van der Waals surface area contributed by atoms with E-state index in [2.05, 4.69) is 5.32 Å². The molecular weight excluding hydrogens is 478 g/mol.